The predicted octanol–water partition coefficient (Wildman–Crippen LogP) is 5.53. The molecule has 1 atom stereocenters. The van der Waals surface area contributed by atoms with E-state index in [4.69, 9.17) is 15.2 Å². The topological polar surface area (TPSA) is 57.4 Å². The minimum absolute atomic E-state index is 0.145. The summed E-state index contributed by atoms with van der Waals surface area (Å²) >= 11 is 1.48. The minimum Gasteiger partial charge on any atom is -0.497 e. The smallest absolute Gasteiger partial charge is 0.180 e. The van der Waals surface area contributed by atoms with E-state index in [0.29, 0.717) is 11.0 Å². The number of nitrogen functional groups attached to an aromatic ring is 1. The summed E-state index contributed by atoms with van der Waals surface area (Å²) < 4.78 is 11.1. The third-order valence-electron chi connectivity index (χ3n) is 4.74. The summed E-state index contributed by atoms with van der Waals surface area (Å²) in [6.07, 6.45) is 1.90. The number of ether oxygens (including phenoxy) is 2. The van der Waals surface area contributed by atoms with Crippen molar-refractivity contribution < 1.29 is 9.47 Å². The van der Waals surface area contributed by atoms with Crippen LogP contribution in [0.3, 0.4) is 0 Å². The summed E-state index contributed by atoms with van der Waals surface area (Å²) in [6.45, 7) is 5.15. The van der Waals surface area contributed by atoms with Gasteiger partial charge in [-0.3, -0.25) is 0 Å². The molecule has 0 radical (unpaired) electrons. The predicted molar refractivity (Wildman–Crippen MR) is 116 cm³/mol. The van der Waals surface area contributed by atoms with E-state index in [1.54, 1.807) is 7.11 Å². The third-order valence-corrected chi connectivity index (χ3v) is 5.43. The number of anilines is 1. The van der Waals surface area contributed by atoms with Crippen molar-refractivity contribution in [1.29, 1.82) is 0 Å². The van der Waals surface area contributed by atoms with E-state index in [2.05, 4.69) is 48.5 Å². The number of nitrogens with two attached hydrogens (primary N) is 1. The molecule has 0 spiro atoms. The fourth-order valence-electron chi connectivity index (χ4n) is 3.06. The second kappa shape index (κ2) is 9.60. The fraction of sp³-hybridized carbons (Fsp3) is 0.348. The molecule has 2 aromatic carbocycles. The van der Waals surface area contributed by atoms with Crippen molar-refractivity contribution in [2.75, 3.05) is 19.5 Å². The second-order valence-electron chi connectivity index (χ2n) is 7.32. The van der Waals surface area contributed by atoms with E-state index in [1.165, 1.54) is 22.5 Å². The molecule has 148 valence electrons. The van der Waals surface area contributed by atoms with E-state index in [-0.39, 0.29) is 5.92 Å². The van der Waals surface area contributed by atoms with E-state index in [1.807, 2.05) is 24.3 Å². The van der Waals surface area contributed by atoms with Gasteiger partial charge in [0.1, 0.15) is 11.5 Å². The largest absolute Gasteiger partial charge is 0.497 e. The quantitative estimate of drug-likeness (QED) is 0.516. The average molecular weight is 397 g/mol. The van der Waals surface area contributed by atoms with Gasteiger partial charge >= 0.3 is 0 Å². The van der Waals surface area contributed by atoms with Crippen LogP contribution >= 0.6 is 11.3 Å². The van der Waals surface area contributed by atoms with Gasteiger partial charge in [0.05, 0.1) is 19.4 Å². The number of rotatable bonds is 9. The number of thiazole rings is 1. The van der Waals surface area contributed by atoms with Crippen LogP contribution in [0.4, 0.5) is 5.13 Å². The first-order chi connectivity index (χ1) is 13.5. The Bertz CT molecular complexity index is 857. The normalized spacial score (nSPS) is 12.1. The molecular weight excluding hydrogens is 368 g/mol. The summed E-state index contributed by atoms with van der Waals surface area (Å²) in [6, 6.07) is 16.6. The van der Waals surface area contributed by atoms with Gasteiger partial charge in [0.25, 0.3) is 0 Å². The molecule has 0 aliphatic rings. The van der Waals surface area contributed by atoms with E-state index >= 15 is 0 Å². The van der Waals surface area contributed by atoms with Crippen LogP contribution < -0.4 is 15.2 Å². The highest BCUT2D eigenvalue weighted by Gasteiger charge is 2.18. The maximum atomic E-state index is 5.90. The first-order valence-electron chi connectivity index (χ1n) is 9.61. The first-order valence-corrected chi connectivity index (χ1v) is 10.5. The van der Waals surface area contributed by atoms with Gasteiger partial charge in [0.15, 0.2) is 5.13 Å². The molecule has 0 aliphatic carbocycles. The standard InChI is InChI=1S/C23H28N2O2S/c1-16(2)12-13-27-20-10-6-18(7-11-20)21(22-15-28-23(24)25-22)14-17-4-8-19(26-3)9-5-17/h4-11,15-16,21H,12-14H2,1-3H3,(H2,24,25). The lowest BCUT2D eigenvalue weighted by Gasteiger charge is -2.17. The highest BCUT2D eigenvalue weighted by molar-refractivity contribution is 7.13. The molecule has 1 unspecified atom stereocenters. The van der Waals surface area contributed by atoms with Gasteiger partial charge in [-0.2, -0.15) is 0 Å². The van der Waals surface area contributed by atoms with Gasteiger partial charge in [-0.1, -0.05) is 38.1 Å². The molecule has 0 saturated carbocycles. The number of hydrogen-bond acceptors (Lipinski definition) is 5. The molecule has 0 amide bonds. The Balaban J connectivity index is 1.78. The summed E-state index contributed by atoms with van der Waals surface area (Å²) in [5.41, 5.74) is 9.34. The second-order valence-corrected chi connectivity index (χ2v) is 8.21. The number of hydrogen-bond donors (Lipinski definition) is 1. The Kier molecular flexibility index (Phi) is 6.93. The third kappa shape index (κ3) is 5.49. The molecule has 28 heavy (non-hydrogen) atoms. The van der Waals surface area contributed by atoms with Crippen molar-refractivity contribution in [3.63, 3.8) is 0 Å². The molecule has 0 fully saturated rings. The zero-order chi connectivity index (χ0) is 19.9. The summed E-state index contributed by atoms with van der Waals surface area (Å²) in [5.74, 6) is 2.56. The van der Waals surface area contributed by atoms with Gasteiger partial charge < -0.3 is 15.2 Å². The number of aromatic nitrogens is 1. The van der Waals surface area contributed by atoms with Crippen LogP contribution in [0.2, 0.25) is 0 Å². The van der Waals surface area contributed by atoms with E-state index in [9.17, 15) is 0 Å². The molecule has 0 saturated heterocycles. The van der Waals surface area contributed by atoms with Crippen LogP contribution in [0.25, 0.3) is 0 Å². The van der Waals surface area contributed by atoms with Crippen molar-refractivity contribution in [3.05, 3.63) is 70.7 Å². The summed E-state index contributed by atoms with van der Waals surface area (Å²) in [5, 5.41) is 2.65. The maximum Gasteiger partial charge on any atom is 0.180 e. The molecular formula is C23H28N2O2S. The van der Waals surface area contributed by atoms with Crippen LogP contribution in [0.1, 0.15) is 43.0 Å². The van der Waals surface area contributed by atoms with E-state index in [0.717, 1.165) is 36.6 Å². The molecule has 1 heterocycles. The van der Waals surface area contributed by atoms with Crippen LogP contribution in [-0.2, 0) is 6.42 Å². The Morgan fingerprint density at radius 3 is 2.25 bits per heavy atom. The Morgan fingerprint density at radius 2 is 1.68 bits per heavy atom. The fourth-order valence-corrected chi connectivity index (χ4v) is 3.68. The average Bonchev–Trinajstić information content (AvgIpc) is 3.13. The molecule has 2 N–H and O–H groups in total. The molecule has 0 bridgehead atoms. The minimum atomic E-state index is 0.145. The first kappa shape index (κ1) is 20.2. The number of nitrogens with zero attached hydrogens (tertiary/aromatic N) is 1. The Labute approximate surface area is 171 Å². The van der Waals surface area contributed by atoms with Gasteiger partial charge in [0.2, 0.25) is 0 Å². The molecule has 5 heteroatoms. The Morgan fingerprint density at radius 1 is 1.00 bits per heavy atom. The zero-order valence-electron chi connectivity index (χ0n) is 16.7. The van der Waals surface area contributed by atoms with Gasteiger partial charge in [-0.05, 0) is 54.2 Å². The highest BCUT2D eigenvalue weighted by atomic mass is 32.1. The molecule has 3 aromatic rings. The van der Waals surface area contributed by atoms with Gasteiger partial charge in [0, 0.05) is 11.3 Å². The van der Waals surface area contributed by atoms with Crippen molar-refractivity contribution in [2.45, 2.75) is 32.6 Å². The maximum absolute atomic E-state index is 5.90. The van der Waals surface area contributed by atoms with Crippen molar-refractivity contribution in [1.82, 2.24) is 4.98 Å². The number of benzene rings is 2. The van der Waals surface area contributed by atoms with E-state index < -0.39 is 0 Å². The lowest BCUT2D eigenvalue weighted by molar-refractivity contribution is 0.289. The SMILES string of the molecule is COc1ccc(CC(c2ccc(OCCC(C)C)cc2)c2csc(N)n2)cc1. The monoisotopic (exact) mass is 396 g/mol. The lowest BCUT2D eigenvalue weighted by atomic mass is 9.89. The Hall–Kier alpha value is -2.53. The van der Waals surface area contributed by atoms with Crippen molar-refractivity contribution >= 4 is 16.5 Å². The molecule has 4 nitrogen and oxygen atoms in total. The van der Waals surface area contributed by atoms with Crippen LogP contribution in [0.5, 0.6) is 11.5 Å². The van der Waals surface area contributed by atoms with Crippen molar-refractivity contribution in [3.8, 4) is 11.5 Å². The van der Waals surface area contributed by atoms with Crippen molar-refractivity contribution in [2.24, 2.45) is 5.92 Å². The van der Waals surface area contributed by atoms with Crippen LogP contribution in [-0.4, -0.2) is 18.7 Å². The molecule has 1 aromatic heterocycles. The van der Waals surface area contributed by atoms with Crippen LogP contribution in [0.15, 0.2) is 53.9 Å². The van der Waals surface area contributed by atoms with Gasteiger partial charge in [-0.15, -0.1) is 11.3 Å². The molecule has 0 aliphatic heterocycles. The summed E-state index contributed by atoms with van der Waals surface area (Å²) in [7, 11) is 1.68. The lowest BCUT2D eigenvalue weighted by Crippen LogP contribution is -2.07. The summed E-state index contributed by atoms with van der Waals surface area (Å²) in [4.78, 5) is 4.55. The van der Waals surface area contributed by atoms with Gasteiger partial charge in [-0.25, -0.2) is 4.98 Å². The highest BCUT2D eigenvalue weighted by Crippen LogP contribution is 2.31. The number of methoxy groups -OCH3 is 1. The zero-order valence-corrected chi connectivity index (χ0v) is 17.5. The molecule has 3 rings (SSSR count). The van der Waals surface area contributed by atoms with Crippen LogP contribution in [0, 0.1) is 5.92 Å².